The standard InChI is InChI=1S/C13H18BrN5OS/c1-3-5-15-11-17-12(19-13(18-11)20-4-2)16-7-10-6-9(14)8-21-10/h6,8H,3-5,7H2,1-2H3,(H2,15,16,17,18,19). The molecule has 2 aromatic heterocycles. The van der Waals surface area contributed by atoms with Crippen molar-refractivity contribution in [3.8, 4) is 6.01 Å². The van der Waals surface area contributed by atoms with Gasteiger partial charge in [-0.05, 0) is 35.3 Å². The van der Waals surface area contributed by atoms with E-state index in [4.69, 9.17) is 4.74 Å². The number of rotatable bonds is 8. The van der Waals surface area contributed by atoms with E-state index in [0.29, 0.717) is 31.1 Å². The molecule has 2 rings (SSSR count). The molecule has 0 saturated heterocycles. The smallest absolute Gasteiger partial charge is 0.323 e. The van der Waals surface area contributed by atoms with Crippen LogP contribution in [0.1, 0.15) is 25.1 Å². The molecule has 114 valence electrons. The largest absolute Gasteiger partial charge is 0.464 e. The summed E-state index contributed by atoms with van der Waals surface area (Å²) in [6.07, 6.45) is 1.00. The Hall–Kier alpha value is -1.41. The summed E-state index contributed by atoms with van der Waals surface area (Å²) >= 11 is 5.12. The van der Waals surface area contributed by atoms with Gasteiger partial charge >= 0.3 is 6.01 Å². The molecule has 0 saturated carbocycles. The first-order valence-electron chi connectivity index (χ1n) is 6.80. The van der Waals surface area contributed by atoms with Crippen LogP contribution in [0.2, 0.25) is 0 Å². The maximum atomic E-state index is 5.38. The average molecular weight is 372 g/mol. The van der Waals surface area contributed by atoms with Gasteiger partial charge in [0, 0.05) is 21.3 Å². The molecular weight excluding hydrogens is 354 g/mol. The van der Waals surface area contributed by atoms with Crippen molar-refractivity contribution in [3.63, 3.8) is 0 Å². The van der Waals surface area contributed by atoms with Crippen molar-refractivity contribution in [2.45, 2.75) is 26.8 Å². The summed E-state index contributed by atoms with van der Waals surface area (Å²) in [5, 5.41) is 8.39. The van der Waals surface area contributed by atoms with Gasteiger partial charge in [-0.1, -0.05) is 6.92 Å². The lowest BCUT2D eigenvalue weighted by atomic mass is 10.5. The van der Waals surface area contributed by atoms with Crippen molar-refractivity contribution in [2.24, 2.45) is 0 Å². The number of hydrogen-bond donors (Lipinski definition) is 2. The number of thiophene rings is 1. The Balaban J connectivity index is 2.07. The van der Waals surface area contributed by atoms with E-state index in [1.165, 1.54) is 4.88 Å². The molecule has 2 heterocycles. The van der Waals surface area contributed by atoms with E-state index in [9.17, 15) is 0 Å². The van der Waals surface area contributed by atoms with Gasteiger partial charge < -0.3 is 15.4 Å². The molecule has 0 amide bonds. The molecule has 8 heteroatoms. The lowest BCUT2D eigenvalue weighted by Gasteiger charge is -2.09. The van der Waals surface area contributed by atoms with Crippen LogP contribution in [0, 0.1) is 0 Å². The second-order valence-corrected chi connectivity index (χ2v) is 6.12. The van der Waals surface area contributed by atoms with Crippen LogP contribution in [-0.2, 0) is 6.54 Å². The first-order chi connectivity index (χ1) is 10.2. The Morgan fingerprint density at radius 3 is 2.57 bits per heavy atom. The first kappa shape index (κ1) is 16.0. The van der Waals surface area contributed by atoms with E-state index in [0.717, 1.165) is 17.4 Å². The zero-order valence-corrected chi connectivity index (χ0v) is 14.4. The fourth-order valence-electron chi connectivity index (χ4n) is 1.56. The molecule has 0 fully saturated rings. The van der Waals surface area contributed by atoms with E-state index in [1.54, 1.807) is 11.3 Å². The fraction of sp³-hybridized carbons (Fsp3) is 0.462. The van der Waals surface area contributed by atoms with E-state index < -0.39 is 0 Å². The van der Waals surface area contributed by atoms with E-state index >= 15 is 0 Å². The Labute approximate surface area is 136 Å². The van der Waals surface area contributed by atoms with Crippen molar-refractivity contribution < 1.29 is 4.74 Å². The molecule has 0 aromatic carbocycles. The fourth-order valence-corrected chi connectivity index (χ4v) is 2.95. The molecule has 2 aromatic rings. The number of ether oxygens (including phenoxy) is 1. The van der Waals surface area contributed by atoms with Crippen molar-refractivity contribution in [3.05, 3.63) is 20.8 Å². The van der Waals surface area contributed by atoms with Gasteiger partial charge in [0.1, 0.15) is 0 Å². The van der Waals surface area contributed by atoms with E-state index in [1.807, 2.05) is 12.3 Å². The van der Waals surface area contributed by atoms with Crippen molar-refractivity contribution in [1.29, 1.82) is 0 Å². The van der Waals surface area contributed by atoms with Gasteiger partial charge in [0.05, 0.1) is 13.2 Å². The predicted molar refractivity (Wildman–Crippen MR) is 89.1 cm³/mol. The molecule has 0 aliphatic carbocycles. The molecule has 2 N–H and O–H groups in total. The highest BCUT2D eigenvalue weighted by atomic mass is 79.9. The van der Waals surface area contributed by atoms with Gasteiger partial charge in [-0.25, -0.2) is 0 Å². The van der Waals surface area contributed by atoms with Crippen LogP contribution in [0.15, 0.2) is 15.9 Å². The lowest BCUT2D eigenvalue weighted by molar-refractivity contribution is 0.312. The zero-order valence-electron chi connectivity index (χ0n) is 12.0. The summed E-state index contributed by atoms with van der Waals surface area (Å²) in [5.74, 6) is 1.04. The molecule has 0 spiro atoms. The second-order valence-electron chi connectivity index (χ2n) is 4.21. The predicted octanol–water partition coefficient (Wildman–Crippen LogP) is 3.53. The molecule has 0 aliphatic rings. The Bertz CT molecular complexity index is 577. The highest BCUT2D eigenvalue weighted by Gasteiger charge is 2.07. The highest BCUT2D eigenvalue weighted by Crippen LogP contribution is 2.20. The summed E-state index contributed by atoms with van der Waals surface area (Å²) in [4.78, 5) is 14.0. The summed E-state index contributed by atoms with van der Waals surface area (Å²) < 4.78 is 6.46. The molecule has 0 aliphatic heterocycles. The van der Waals surface area contributed by atoms with Gasteiger partial charge in [-0.3, -0.25) is 0 Å². The molecule has 0 radical (unpaired) electrons. The van der Waals surface area contributed by atoms with Crippen LogP contribution >= 0.6 is 27.3 Å². The molecular formula is C13H18BrN5OS. The van der Waals surface area contributed by atoms with Crippen molar-refractivity contribution in [1.82, 2.24) is 15.0 Å². The Morgan fingerprint density at radius 1 is 1.19 bits per heavy atom. The number of anilines is 2. The normalized spacial score (nSPS) is 10.4. The summed E-state index contributed by atoms with van der Waals surface area (Å²) in [5.41, 5.74) is 0. The van der Waals surface area contributed by atoms with Crippen LogP contribution in [0.5, 0.6) is 6.01 Å². The van der Waals surface area contributed by atoms with Gasteiger partial charge in [0.2, 0.25) is 11.9 Å². The van der Waals surface area contributed by atoms with Crippen molar-refractivity contribution in [2.75, 3.05) is 23.8 Å². The summed E-state index contributed by atoms with van der Waals surface area (Å²) in [6, 6.07) is 2.40. The van der Waals surface area contributed by atoms with Gasteiger partial charge in [0.15, 0.2) is 0 Å². The van der Waals surface area contributed by atoms with Gasteiger partial charge in [-0.2, -0.15) is 15.0 Å². The molecule has 0 atom stereocenters. The molecule has 0 unspecified atom stereocenters. The van der Waals surface area contributed by atoms with Crippen LogP contribution in [-0.4, -0.2) is 28.1 Å². The van der Waals surface area contributed by atoms with Crippen LogP contribution in [0.4, 0.5) is 11.9 Å². The quantitative estimate of drug-likeness (QED) is 0.739. The van der Waals surface area contributed by atoms with Gasteiger partial charge in [-0.15, -0.1) is 11.3 Å². The number of aromatic nitrogens is 3. The minimum absolute atomic E-state index is 0.334. The number of nitrogens with zero attached hydrogens (tertiary/aromatic N) is 3. The van der Waals surface area contributed by atoms with Gasteiger partial charge in [0.25, 0.3) is 0 Å². The minimum atomic E-state index is 0.334. The summed E-state index contributed by atoms with van der Waals surface area (Å²) in [6.45, 7) is 5.99. The summed E-state index contributed by atoms with van der Waals surface area (Å²) in [7, 11) is 0. The monoisotopic (exact) mass is 371 g/mol. The Kier molecular flexibility index (Phi) is 6.19. The second kappa shape index (κ2) is 8.14. The third-order valence-corrected chi connectivity index (χ3v) is 4.16. The number of halogens is 1. The van der Waals surface area contributed by atoms with Crippen LogP contribution < -0.4 is 15.4 Å². The maximum Gasteiger partial charge on any atom is 0.323 e. The molecule has 21 heavy (non-hydrogen) atoms. The molecule has 0 bridgehead atoms. The topological polar surface area (TPSA) is 72.0 Å². The SMILES string of the molecule is CCCNc1nc(NCc2cc(Br)cs2)nc(OCC)n1. The first-order valence-corrected chi connectivity index (χ1v) is 8.48. The lowest BCUT2D eigenvalue weighted by Crippen LogP contribution is -2.11. The van der Waals surface area contributed by atoms with E-state index in [2.05, 4.69) is 54.5 Å². The third kappa shape index (κ3) is 5.13. The number of nitrogens with one attached hydrogen (secondary N) is 2. The van der Waals surface area contributed by atoms with Crippen molar-refractivity contribution >= 4 is 39.2 Å². The third-order valence-electron chi connectivity index (χ3n) is 2.46. The molecule has 6 nitrogen and oxygen atoms in total. The maximum absolute atomic E-state index is 5.38. The minimum Gasteiger partial charge on any atom is -0.464 e. The van der Waals surface area contributed by atoms with Crippen LogP contribution in [0.3, 0.4) is 0 Å². The van der Waals surface area contributed by atoms with Crippen LogP contribution in [0.25, 0.3) is 0 Å². The average Bonchev–Trinajstić information content (AvgIpc) is 2.89. The highest BCUT2D eigenvalue weighted by molar-refractivity contribution is 9.10. The zero-order chi connectivity index (χ0) is 15.1. The number of hydrogen-bond acceptors (Lipinski definition) is 7. The van der Waals surface area contributed by atoms with E-state index in [-0.39, 0.29) is 0 Å². The Morgan fingerprint density at radius 2 is 1.95 bits per heavy atom.